The van der Waals surface area contributed by atoms with Crippen LogP contribution in [0.4, 0.5) is 0 Å². The second-order valence-electron chi connectivity index (χ2n) is 2.97. The second-order valence-corrected chi connectivity index (χ2v) is 4.17. The highest BCUT2D eigenvalue weighted by Crippen LogP contribution is 2.26. The van der Waals surface area contributed by atoms with E-state index in [0.29, 0.717) is 12.2 Å². The Morgan fingerprint density at radius 3 is 2.87 bits per heavy atom. The van der Waals surface area contributed by atoms with Gasteiger partial charge in [0.25, 0.3) is 0 Å². The van der Waals surface area contributed by atoms with Crippen LogP contribution in [0.25, 0.3) is 0 Å². The molecule has 0 aliphatic carbocycles. The number of rotatable bonds is 4. The van der Waals surface area contributed by atoms with Gasteiger partial charge < -0.3 is 14.2 Å². The van der Waals surface area contributed by atoms with E-state index >= 15 is 0 Å². The molecule has 0 aromatic rings. The molecule has 1 saturated heterocycles. The lowest BCUT2D eigenvalue weighted by Crippen LogP contribution is -2.21. The van der Waals surface area contributed by atoms with E-state index < -0.39 is 6.29 Å². The minimum atomic E-state index is -0.516. The fraction of sp³-hybridized carbons (Fsp3) is 0.778. The molecule has 0 aromatic heterocycles. The van der Waals surface area contributed by atoms with Gasteiger partial charge in [-0.15, -0.1) is 11.8 Å². The van der Waals surface area contributed by atoms with Crippen LogP contribution in [0.15, 0.2) is 0 Å². The van der Waals surface area contributed by atoms with Crippen molar-refractivity contribution in [2.24, 2.45) is 0 Å². The van der Waals surface area contributed by atoms with Crippen molar-refractivity contribution >= 4 is 23.7 Å². The van der Waals surface area contributed by atoms with Gasteiger partial charge in [0.2, 0.25) is 6.29 Å². The van der Waals surface area contributed by atoms with Crippen molar-refractivity contribution < 1.29 is 23.8 Å². The minimum Gasteiger partial charge on any atom is -0.462 e. The van der Waals surface area contributed by atoms with Crippen molar-refractivity contribution in [2.75, 3.05) is 12.4 Å². The number of thioether (sulfide) groups is 1. The molecule has 2 atom stereocenters. The largest absolute Gasteiger partial charge is 0.462 e. The molecule has 5 nitrogen and oxygen atoms in total. The predicted molar refractivity (Wildman–Crippen MR) is 54.1 cm³/mol. The van der Waals surface area contributed by atoms with E-state index in [1.54, 1.807) is 6.92 Å². The molecule has 1 heterocycles. The Morgan fingerprint density at radius 1 is 1.53 bits per heavy atom. The zero-order valence-corrected chi connectivity index (χ0v) is 9.54. The molecule has 0 amide bonds. The highest BCUT2D eigenvalue weighted by molar-refractivity contribution is 8.00. The van der Waals surface area contributed by atoms with Crippen LogP contribution in [0.3, 0.4) is 0 Å². The maximum absolute atomic E-state index is 10.9. The lowest BCUT2D eigenvalue weighted by molar-refractivity contribution is -0.175. The molecule has 2 unspecified atom stereocenters. The molecule has 1 rings (SSSR count). The molecule has 0 radical (unpaired) electrons. The van der Waals surface area contributed by atoms with Crippen LogP contribution in [0, 0.1) is 0 Å². The number of carbonyl (C=O) groups excluding carboxylic acids is 2. The Balaban J connectivity index is 2.19. The average molecular weight is 234 g/mol. The first-order chi connectivity index (χ1) is 7.11. The molecular weight excluding hydrogens is 220 g/mol. The Labute approximate surface area is 92.4 Å². The molecule has 0 aromatic carbocycles. The summed E-state index contributed by atoms with van der Waals surface area (Å²) in [6.07, 6.45) is -0.164. The molecule has 86 valence electrons. The first-order valence-corrected chi connectivity index (χ1v) is 5.76. The van der Waals surface area contributed by atoms with Crippen molar-refractivity contribution in [3.8, 4) is 0 Å². The summed E-state index contributed by atoms with van der Waals surface area (Å²) in [6.45, 7) is 3.26. The highest BCUT2D eigenvalue weighted by atomic mass is 32.2. The smallest absolute Gasteiger partial charge is 0.305 e. The summed E-state index contributed by atoms with van der Waals surface area (Å²) in [6, 6.07) is 0. The van der Waals surface area contributed by atoms with E-state index in [2.05, 4.69) is 0 Å². The summed E-state index contributed by atoms with van der Waals surface area (Å²) in [5.41, 5.74) is -0.232. The van der Waals surface area contributed by atoms with Crippen LogP contribution in [0.5, 0.6) is 0 Å². The molecule has 1 fully saturated rings. The molecule has 1 aliphatic heterocycles. The van der Waals surface area contributed by atoms with Crippen molar-refractivity contribution in [3.63, 3.8) is 0 Å². The zero-order chi connectivity index (χ0) is 11.3. The SMILES string of the molecule is CCC(=O)OCC1OC(OC(C)=O)CS1. The van der Waals surface area contributed by atoms with Crippen LogP contribution < -0.4 is 0 Å². The van der Waals surface area contributed by atoms with Gasteiger partial charge in [-0.25, -0.2) is 0 Å². The molecule has 0 spiro atoms. The monoisotopic (exact) mass is 234 g/mol. The van der Waals surface area contributed by atoms with Crippen LogP contribution in [0.2, 0.25) is 0 Å². The summed E-state index contributed by atoms with van der Waals surface area (Å²) < 4.78 is 15.1. The lowest BCUT2D eigenvalue weighted by atomic mass is 10.5. The normalized spacial score (nSPS) is 24.9. The molecule has 0 saturated carbocycles. The van der Waals surface area contributed by atoms with Crippen LogP contribution in [0.1, 0.15) is 20.3 Å². The summed E-state index contributed by atoms with van der Waals surface area (Å²) in [5, 5.41) is 0. The third kappa shape index (κ3) is 4.53. The van der Waals surface area contributed by atoms with Crippen molar-refractivity contribution in [3.05, 3.63) is 0 Å². The number of hydrogen-bond donors (Lipinski definition) is 0. The van der Waals surface area contributed by atoms with Gasteiger partial charge in [0.1, 0.15) is 12.0 Å². The van der Waals surface area contributed by atoms with Crippen LogP contribution in [-0.4, -0.2) is 36.0 Å². The third-order valence-corrected chi connectivity index (χ3v) is 2.77. The molecule has 6 heteroatoms. The first-order valence-electron chi connectivity index (χ1n) is 4.71. The van der Waals surface area contributed by atoms with E-state index in [0.717, 1.165) is 0 Å². The summed E-state index contributed by atoms with van der Waals surface area (Å²) in [7, 11) is 0. The Hall–Kier alpha value is -0.750. The topological polar surface area (TPSA) is 61.8 Å². The summed E-state index contributed by atoms with van der Waals surface area (Å²) >= 11 is 1.47. The van der Waals surface area contributed by atoms with Crippen molar-refractivity contribution in [2.45, 2.75) is 32.0 Å². The molecular formula is C9H14O5S. The van der Waals surface area contributed by atoms with Gasteiger partial charge in [-0.3, -0.25) is 9.59 Å². The second kappa shape index (κ2) is 5.97. The predicted octanol–water partition coefficient (Wildman–Crippen LogP) is 0.918. The maximum Gasteiger partial charge on any atom is 0.305 e. The zero-order valence-electron chi connectivity index (χ0n) is 8.73. The van der Waals surface area contributed by atoms with Crippen LogP contribution >= 0.6 is 11.8 Å². The van der Waals surface area contributed by atoms with Gasteiger partial charge in [-0.05, 0) is 0 Å². The fourth-order valence-electron chi connectivity index (χ4n) is 1.03. The number of ether oxygens (including phenoxy) is 3. The number of hydrogen-bond acceptors (Lipinski definition) is 6. The van der Waals surface area contributed by atoms with E-state index in [1.165, 1.54) is 18.7 Å². The maximum atomic E-state index is 10.9. The van der Waals surface area contributed by atoms with Gasteiger partial charge in [0.05, 0.1) is 5.75 Å². The van der Waals surface area contributed by atoms with Gasteiger partial charge in [-0.1, -0.05) is 6.92 Å². The fourth-order valence-corrected chi connectivity index (χ4v) is 1.92. The number of esters is 2. The molecule has 1 aliphatic rings. The van der Waals surface area contributed by atoms with Gasteiger partial charge >= 0.3 is 11.9 Å². The van der Waals surface area contributed by atoms with Gasteiger partial charge in [0.15, 0.2) is 0 Å². The summed E-state index contributed by atoms with van der Waals surface area (Å²) in [5.74, 6) is -0.0459. The van der Waals surface area contributed by atoms with E-state index in [1.807, 2.05) is 0 Å². The van der Waals surface area contributed by atoms with Gasteiger partial charge in [-0.2, -0.15) is 0 Å². The van der Waals surface area contributed by atoms with Crippen molar-refractivity contribution in [1.29, 1.82) is 0 Å². The molecule has 15 heavy (non-hydrogen) atoms. The minimum absolute atomic E-state index is 0.203. The Morgan fingerprint density at radius 2 is 2.27 bits per heavy atom. The standard InChI is InChI=1S/C9H14O5S/c1-3-7(11)12-4-9-14-8(5-15-9)13-6(2)10/h8-9H,3-5H2,1-2H3. The van der Waals surface area contributed by atoms with E-state index in [9.17, 15) is 9.59 Å². The van der Waals surface area contributed by atoms with Crippen LogP contribution in [-0.2, 0) is 23.8 Å². The van der Waals surface area contributed by atoms with Crippen molar-refractivity contribution in [1.82, 2.24) is 0 Å². The van der Waals surface area contributed by atoms with E-state index in [-0.39, 0.29) is 24.0 Å². The highest BCUT2D eigenvalue weighted by Gasteiger charge is 2.28. The first kappa shape index (κ1) is 12.3. The average Bonchev–Trinajstić information content (AvgIpc) is 2.61. The molecule has 0 bridgehead atoms. The quantitative estimate of drug-likeness (QED) is 0.674. The molecule has 0 N–H and O–H groups in total. The number of carbonyl (C=O) groups is 2. The Bertz CT molecular complexity index is 243. The third-order valence-electron chi connectivity index (χ3n) is 1.69. The van der Waals surface area contributed by atoms with E-state index in [4.69, 9.17) is 14.2 Å². The Kier molecular flexibility index (Phi) is 4.90. The van der Waals surface area contributed by atoms with Gasteiger partial charge in [0, 0.05) is 13.3 Å². The lowest BCUT2D eigenvalue weighted by Gasteiger charge is -2.12. The summed E-state index contributed by atoms with van der Waals surface area (Å²) in [4.78, 5) is 21.5.